The molecule has 18 heavy (non-hydrogen) atoms. The number of piperidine rings is 1. The Morgan fingerprint density at radius 1 is 1.44 bits per heavy atom. The number of hydrogen-bond acceptors (Lipinski definition) is 4. The summed E-state index contributed by atoms with van der Waals surface area (Å²) in [5.74, 6) is -0.182. The van der Waals surface area contributed by atoms with E-state index in [1.807, 2.05) is 0 Å². The Hall–Kier alpha value is -1.79. The summed E-state index contributed by atoms with van der Waals surface area (Å²) in [6.07, 6.45) is -1.71. The van der Waals surface area contributed by atoms with Gasteiger partial charge in [0.05, 0.1) is 6.54 Å². The maximum absolute atomic E-state index is 11.6. The third kappa shape index (κ3) is 4.23. The summed E-state index contributed by atoms with van der Waals surface area (Å²) in [5, 5.41) is 11.2. The van der Waals surface area contributed by atoms with Crippen molar-refractivity contribution in [3.8, 4) is 0 Å². The van der Waals surface area contributed by atoms with Crippen LogP contribution >= 0.6 is 0 Å². The molecule has 0 aliphatic carbocycles. The van der Waals surface area contributed by atoms with Crippen LogP contribution in [0, 0.1) is 0 Å². The van der Waals surface area contributed by atoms with Crippen LogP contribution in [0.4, 0.5) is 9.59 Å². The van der Waals surface area contributed by atoms with Crippen molar-refractivity contribution in [2.75, 3.05) is 13.1 Å². The first-order valence-corrected chi connectivity index (χ1v) is 5.69. The molecule has 1 atom stereocenters. The summed E-state index contributed by atoms with van der Waals surface area (Å²) >= 11 is 0. The summed E-state index contributed by atoms with van der Waals surface area (Å²) in [7, 11) is 0. The average Bonchev–Trinajstić information content (AvgIpc) is 2.18. The molecule has 0 aromatic heterocycles. The molecule has 0 bridgehead atoms. The minimum absolute atomic E-state index is 0.0343. The second kappa shape index (κ2) is 5.24. The van der Waals surface area contributed by atoms with Crippen LogP contribution in [0.25, 0.3) is 0 Å². The van der Waals surface area contributed by atoms with E-state index in [1.165, 1.54) is 0 Å². The van der Waals surface area contributed by atoms with Gasteiger partial charge in [0.25, 0.3) is 0 Å². The van der Waals surface area contributed by atoms with Gasteiger partial charge in [0.2, 0.25) is 0 Å². The first-order chi connectivity index (χ1) is 8.19. The molecular formula is C11H18N2O5. The number of Topliss-reactive ketones (excluding diaryl/α,β-unsaturated/α-hetero) is 1. The third-order valence-electron chi connectivity index (χ3n) is 2.38. The van der Waals surface area contributed by atoms with Gasteiger partial charge < -0.3 is 20.1 Å². The molecule has 0 aromatic carbocycles. The number of rotatable bonds is 1. The number of alkyl carbamates (subject to hydrolysis) is 1. The lowest BCUT2D eigenvalue weighted by Crippen LogP contribution is -2.54. The van der Waals surface area contributed by atoms with Gasteiger partial charge in [-0.25, -0.2) is 9.59 Å². The molecule has 2 amide bonds. The smallest absolute Gasteiger partial charge is 0.408 e. The van der Waals surface area contributed by atoms with Gasteiger partial charge in [-0.3, -0.25) is 4.79 Å². The van der Waals surface area contributed by atoms with Gasteiger partial charge in [0.1, 0.15) is 11.6 Å². The number of ketones is 1. The van der Waals surface area contributed by atoms with E-state index in [9.17, 15) is 14.4 Å². The highest BCUT2D eigenvalue weighted by atomic mass is 16.6. The summed E-state index contributed by atoms with van der Waals surface area (Å²) in [6, 6.07) is -0.829. The van der Waals surface area contributed by atoms with E-state index in [-0.39, 0.29) is 25.3 Å². The Morgan fingerprint density at radius 2 is 2.06 bits per heavy atom. The minimum Gasteiger partial charge on any atom is -0.465 e. The quantitative estimate of drug-likeness (QED) is 0.726. The monoisotopic (exact) mass is 258 g/mol. The molecule has 1 fully saturated rings. The van der Waals surface area contributed by atoms with Crippen molar-refractivity contribution in [1.82, 2.24) is 10.2 Å². The zero-order valence-electron chi connectivity index (χ0n) is 10.7. The van der Waals surface area contributed by atoms with Crippen LogP contribution < -0.4 is 5.32 Å². The number of hydrogen-bond donors (Lipinski definition) is 2. The van der Waals surface area contributed by atoms with Crippen LogP contribution in [0.3, 0.4) is 0 Å². The van der Waals surface area contributed by atoms with Crippen LogP contribution in [-0.4, -0.2) is 52.7 Å². The first-order valence-electron chi connectivity index (χ1n) is 5.69. The Morgan fingerprint density at radius 3 is 2.56 bits per heavy atom. The van der Waals surface area contributed by atoms with Crippen molar-refractivity contribution >= 4 is 18.0 Å². The second-order valence-corrected chi connectivity index (χ2v) is 5.14. The van der Waals surface area contributed by atoms with Gasteiger partial charge in [0.15, 0.2) is 5.78 Å². The molecule has 7 nitrogen and oxygen atoms in total. The van der Waals surface area contributed by atoms with Gasteiger partial charge >= 0.3 is 12.2 Å². The van der Waals surface area contributed by atoms with Crippen molar-refractivity contribution in [2.24, 2.45) is 0 Å². The van der Waals surface area contributed by atoms with Crippen LogP contribution in [0.5, 0.6) is 0 Å². The van der Waals surface area contributed by atoms with E-state index in [0.29, 0.717) is 0 Å². The molecule has 0 saturated carbocycles. The summed E-state index contributed by atoms with van der Waals surface area (Å²) in [5.41, 5.74) is -0.658. The van der Waals surface area contributed by atoms with Gasteiger partial charge in [-0.2, -0.15) is 0 Å². The molecule has 1 rings (SSSR count). The normalized spacial score (nSPS) is 20.5. The number of nitrogens with zero attached hydrogens (tertiary/aromatic N) is 1. The number of likely N-dealkylation sites (tertiary alicyclic amines) is 1. The Bertz CT molecular complexity index is 361. The first kappa shape index (κ1) is 14.3. The largest absolute Gasteiger partial charge is 0.465 e. The van der Waals surface area contributed by atoms with E-state index < -0.39 is 23.8 Å². The van der Waals surface area contributed by atoms with Crippen molar-refractivity contribution in [3.05, 3.63) is 0 Å². The molecule has 102 valence electrons. The maximum atomic E-state index is 11.6. The lowest BCUT2D eigenvalue weighted by Gasteiger charge is -2.30. The highest BCUT2D eigenvalue weighted by molar-refractivity contribution is 5.89. The zero-order chi connectivity index (χ0) is 13.9. The highest BCUT2D eigenvalue weighted by Gasteiger charge is 2.31. The lowest BCUT2D eigenvalue weighted by molar-refractivity contribution is -0.123. The van der Waals surface area contributed by atoms with Crippen LogP contribution in [0.1, 0.15) is 27.2 Å². The van der Waals surface area contributed by atoms with Crippen LogP contribution in [0.15, 0.2) is 0 Å². The van der Waals surface area contributed by atoms with Crippen molar-refractivity contribution in [1.29, 1.82) is 0 Å². The SMILES string of the molecule is CC(C)(C)OC(=O)NC1CN(C(=O)O)CCC1=O. The fourth-order valence-electron chi connectivity index (χ4n) is 1.58. The molecule has 0 radical (unpaired) electrons. The summed E-state index contributed by atoms with van der Waals surface area (Å²) in [6.45, 7) is 5.25. The predicted octanol–water partition coefficient (Wildman–Crippen LogP) is 0.832. The third-order valence-corrected chi connectivity index (χ3v) is 2.38. The van der Waals surface area contributed by atoms with Gasteiger partial charge in [-0.1, -0.05) is 0 Å². The molecular weight excluding hydrogens is 240 g/mol. The molecule has 1 aliphatic heterocycles. The Balaban J connectivity index is 2.56. The fraction of sp³-hybridized carbons (Fsp3) is 0.727. The molecule has 2 N–H and O–H groups in total. The molecule has 0 spiro atoms. The fourth-order valence-corrected chi connectivity index (χ4v) is 1.58. The zero-order valence-corrected chi connectivity index (χ0v) is 10.7. The summed E-state index contributed by atoms with van der Waals surface area (Å²) < 4.78 is 5.02. The average molecular weight is 258 g/mol. The standard InChI is InChI=1S/C11H18N2O5/c1-11(2,3)18-9(15)12-7-6-13(10(16)17)5-4-8(7)14/h7H,4-6H2,1-3H3,(H,12,15)(H,16,17). The molecule has 1 unspecified atom stereocenters. The second-order valence-electron chi connectivity index (χ2n) is 5.14. The van der Waals surface area contributed by atoms with E-state index in [1.54, 1.807) is 20.8 Å². The van der Waals surface area contributed by atoms with Crippen LogP contribution in [-0.2, 0) is 9.53 Å². The van der Waals surface area contributed by atoms with E-state index >= 15 is 0 Å². The topological polar surface area (TPSA) is 95.9 Å². The van der Waals surface area contributed by atoms with Gasteiger partial charge in [0, 0.05) is 13.0 Å². The lowest BCUT2D eigenvalue weighted by atomic mass is 10.0. The minimum atomic E-state index is -1.10. The molecule has 7 heteroatoms. The van der Waals surface area contributed by atoms with Gasteiger partial charge in [-0.05, 0) is 20.8 Å². The number of carbonyl (C=O) groups excluding carboxylic acids is 2. The Labute approximate surface area is 105 Å². The predicted molar refractivity (Wildman–Crippen MR) is 62.4 cm³/mol. The molecule has 1 aliphatic rings. The number of carboxylic acid groups (broad SMARTS) is 1. The molecule has 0 aromatic rings. The van der Waals surface area contributed by atoms with Crippen molar-refractivity contribution in [2.45, 2.75) is 38.8 Å². The number of nitrogens with one attached hydrogen (secondary N) is 1. The van der Waals surface area contributed by atoms with Crippen LogP contribution in [0.2, 0.25) is 0 Å². The number of carbonyl (C=O) groups is 3. The van der Waals surface area contributed by atoms with Gasteiger partial charge in [-0.15, -0.1) is 0 Å². The number of amides is 2. The van der Waals surface area contributed by atoms with E-state index in [0.717, 1.165) is 4.90 Å². The highest BCUT2D eigenvalue weighted by Crippen LogP contribution is 2.10. The summed E-state index contributed by atoms with van der Waals surface area (Å²) in [4.78, 5) is 35.0. The maximum Gasteiger partial charge on any atom is 0.408 e. The van der Waals surface area contributed by atoms with E-state index in [4.69, 9.17) is 9.84 Å². The molecule has 1 heterocycles. The number of ether oxygens (including phenoxy) is 1. The van der Waals surface area contributed by atoms with E-state index in [2.05, 4.69) is 5.32 Å². The van der Waals surface area contributed by atoms with Crippen molar-refractivity contribution < 1.29 is 24.2 Å². The van der Waals surface area contributed by atoms with Crippen molar-refractivity contribution in [3.63, 3.8) is 0 Å². The Kier molecular flexibility index (Phi) is 4.15. The molecule has 1 saturated heterocycles.